The van der Waals surface area contributed by atoms with Gasteiger partial charge in [0.25, 0.3) is 0 Å². The van der Waals surface area contributed by atoms with Crippen LogP contribution < -0.4 is 4.90 Å². The molecular formula is C15H12BrFN2. The second kappa shape index (κ2) is 5.85. The molecule has 0 heterocycles. The first-order valence-corrected chi connectivity index (χ1v) is 6.54. The average molecular weight is 319 g/mol. The molecule has 2 nitrogen and oxygen atoms in total. The van der Waals surface area contributed by atoms with E-state index in [0.29, 0.717) is 17.7 Å². The maximum Gasteiger partial charge on any atom is 0.128 e. The van der Waals surface area contributed by atoms with E-state index in [-0.39, 0.29) is 5.82 Å². The van der Waals surface area contributed by atoms with Crippen molar-refractivity contribution in [2.75, 3.05) is 11.9 Å². The van der Waals surface area contributed by atoms with Gasteiger partial charge in [0.15, 0.2) is 0 Å². The molecule has 0 fully saturated rings. The Labute approximate surface area is 120 Å². The molecule has 19 heavy (non-hydrogen) atoms. The van der Waals surface area contributed by atoms with E-state index in [4.69, 9.17) is 5.26 Å². The molecule has 0 spiro atoms. The highest BCUT2D eigenvalue weighted by Crippen LogP contribution is 2.23. The summed E-state index contributed by atoms with van der Waals surface area (Å²) in [6.45, 7) is 0.452. The number of hydrogen-bond acceptors (Lipinski definition) is 2. The van der Waals surface area contributed by atoms with E-state index in [0.717, 1.165) is 10.2 Å². The Hall–Kier alpha value is -1.86. The fourth-order valence-electron chi connectivity index (χ4n) is 1.83. The fraction of sp³-hybridized carbons (Fsp3) is 0.133. The molecular weight excluding hydrogens is 307 g/mol. The van der Waals surface area contributed by atoms with Crippen LogP contribution >= 0.6 is 15.9 Å². The van der Waals surface area contributed by atoms with Crippen molar-refractivity contribution < 1.29 is 4.39 Å². The van der Waals surface area contributed by atoms with Crippen molar-refractivity contribution in [1.29, 1.82) is 5.26 Å². The van der Waals surface area contributed by atoms with Crippen molar-refractivity contribution in [3.05, 3.63) is 63.9 Å². The number of benzene rings is 2. The largest absolute Gasteiger partial charge is 0.370 e. The molecule has 4 heteroatoms. The van der Waals surface area contributed by atoms with Crippen LogP contribution in [-0.4, -0.2) is 7.05 Å². The van der Waals surface area contributed by atoms with Crippen LogP contribution in [0.25, 0.3) is 0 Å². The summed E-state index contributed by atoms with van der Waals surface area (Å²) < 4.78 is 14.4. The summed E-state index contributed by atoms with van der Waals surface area (Å²) in [6.07, 6.45) is 0. The molecule has 0 saturated heterocycles. The van der Waals surface area contributed by atoms with Gasteiger partial charge in [-0.15, -0.1) is 0 Å². The minimum absolute atomic E-state index is 0.218. The van der Waals surface area contributed by atoms with Gasteiger partial charge in [-0.1, -0.05) is 34.1 Å². The number of anilines is 1. The molecule has 0 radical (unpaired) electrons. The topological polar surface area (TPSA) is 27.0 Å². The van der Waals surface area contributed by atoms with Gasteiger partial charge in [-0.25, -0.2) is 4.39 Å². The minimum Gasteiger partial charge on any atom is -0.370 e. The van der Waals surface area contributed by atoms with Crippen molar-refractivity contribution in [2.45, 2.75) is 6.54 Å². The number of rotatable bonds is 3. The lowest BCUT2D eigenvalue weighted by atomic mass is 10.1. The molecule has 0 aromatic heterocycles. The molecule has 2 aromatic rings. The zero-order valence-corrected chi connectivity index (χ0v) is 12.0. The molecule has 2 aromatic carbocycles. The Balaban J connectivity index is 2.26. The van der Waals surface area contributed by atoms with Gasteiger partial charge in [0.05, 0.1) is 11.6 Å². The summed E-state index contributed by atoms with van der Waals surface area (Å²) in [5.74, 6) is -0.218. The third kappa shape index (κ3) is 3.33. The van der Waals surface area contributed by atoms with Crippen LogP contribution in [-0.2, 0) is 6.54 Å². The second-order valence-corrected chi connectivity index (χ2v) is 5.17. The normalized spacial score (nSPS) is 10.0. The van der Waals surface area contributed by atoms with Crippen LogP contribution in [0, 0.1) is 17.1 Å². The highest BCUT2D eigenvalue weighted by molar-refractivity contribution is 9.10. The molecule has 0 atom stereocenters. The Morgan fingerprint density at radius 3 is 2.68 bits per heavy atom. The minimum atomic E-state index is -0.218. The second-order valence-electron chi connectivity index (χ2n) is 4.26. The van der Waals surface area contributed by atoms with Crippen LogP contribution in [0.15, 0.2) is 46.9 Å². The molecule has 0 amide bonds. The highest BCUT2D eigenvalue weighted by atomic mass is 79.9. The summed E-state index contributed by atoms with van der Waals surface area (Å²) in [5, 5.41) is 8.95. The Bertz CT molecular complexity index is 634. The predicted octanol–water partition coefficient (Wildman–Crippen LogP) is 4.10. The van der Waals surface area contributed by atoms with Crippen LogP contribution in [0.4, 0.5) is 10.1 Å². The Kier molecular flexibility index (Phi) is 4.18. The first kappa shape index (κ1) is 13.6. The molecule has 0 N–H and O–H groups in total. The number of nitrogens with zero attached hydrogens (tertiary/aromatic N) is 2. The summed E-state index contributed by atoms with van der Waals surface area (Å²) in [6, 6.07) is 14.2. The quantitative estimate of drug-likeness (QED) is 0.852. The molecule has 0 aliphatic carbocycles. The molecule has 0 aliphatic rings. The van der Waals surface area contributed by atoms with Crippen molar-refractivity contribution in [1.82, 2.24) is 0 Å². The van der Waals surface area contributed by atoms with Gasteiger partial charge in [0.2, 0.25) is 0 Å². The first-order chi connectivity index (χ1) is 9.10. The Morgan fingerprint density at radius 2 is 2.00 bits per heavy atom. The van der Waals surface area contributed by atoms with E-state index >= 15 is 0 Å². The van der Waals surface area contributed by atoms with E-state index in [9.17, 15) is 4.39 Å². The van der Waals surface area contributed by atoms with E-state index < -0.39 is 0 Å². The molecule has 0 saturated carbocycles. The fourth-order valence-corrected chi connectivity index (χ4v) is 2.31. The number of hydrogen-bond donors (Lipinski definition) is 0. The lowest BCUT2D eigenvalue weighted by Crippen LogP contribution is -2.17. The van der Waals surface area contributed by atoms with Crippen molar-refractivity contribution >= 4 is 21.6 Å². The van der Waals surface area contributed by atoms with E-state index in [1.165, 1.54) is 6.07 Å². The van der Waals surface area contributed by atoms with Gasteiger partial charge < -0.3 is 4.90 Å². The van der Waals surface area contributed by atoms with E-state index in [1.807, 2.05) is 24.1 Å². The van der Waals surface area contributed by atoms with Gasteiger partial charge in [0, 0.05) is 29.3 Å². The molecule has 0 unspecified atom stereocenters. The SMILES string of the molecule is CN(Cc1ccccc1F)c1cc(Br)cc(C#N)c1. The third-order valence-electron chi connectivity index (χ3n) is 2.82. The number of halogens is 2. The maximum atomic E-state index is 13.6. The predicted molar refractivity (Wildman–Crippen MR) is 77.4 cm³/mol. The molecule has 0 bridgehead atoms. The van der Waals surface area contributed by atoms with Gasteiger partial charge in [0.1, 0.15) is 5.82 Å². The summed E-state index contributed by atoms with van der Waals surface area (Å²) >= 11 is 3.37. The summed E-state index contributed by atoms with van der Waals surface area (Å²) in [5.41, 5.74) is 2.07. The summed E-state index contributed by atoms with van der Waals surface area (Å²) in [7, 11) is 1.87. The van der Waals surface area contributed by atoms with Crippen molar-refractivity contribution in [2.24, 2.45) is 0 Å². The lowest BCUT2D eigenvalue weighted by Gasteiger charge is -2.20. The van der Waals surface area contributed by atoms with E-state index in [1.54, 1.807) is 24.3 Å². The lowest BCUT2D eigenvalue weighted by molar-refractivity contribution is 0.608. The van der Waals surface area contributed by atoms with Crippen LogP contribution in [0.1, 0.15) is 11.1 Å². The van der Waals surface area contributed by atoms with Gasteiger partial charge in [-0.2, -0.15) is 5.26 Å². The van der Waals surface area contributed by atoms with Crippen LogP contribution in [0.3, 0.4) is 0 Å². The van der Waals surface area contributed by atoms with Crippen molar-refractivity contribution in [3.63, 3.8) is 0 Å². The summed E-state index contributed by atoms with van der Waals surface area (Å²) in [4.78, 5) is 1.91. The molecule has 0 aliphatic heterocycles. The maximum absolute atomic E-state index is 13.6. The third-order valence-corrected chi connectivity index (χ3v) is 3.28. The van der Waals surface area contributed by atoms with Crippen molar-refractivity contribution in [3.8, 4) is 6.07 Å². The monoisotopic (exact) mass is 318 g/mol. The van der Waals surface area contributed by atoms with Gasteiger partial charge >= 0.3 is 0 Å². The van der Waals surface area contributed by atoms with E-state index in [2.05, 4.69) is 22.0 Å². The standard InChI is InChI=1S/C15H12BrFN2/c1-19(10-12-4-2-3-5-15(12)17)14-7-11(9-18)6-13(16)8-14/h2-8H,10H2,1H3. The Morgan fingerprint density at radius 1 is 1.26 bits per heavy atom. The van der Waals surface area contributed by atoms with Crippen LogP contribution in [0.2, 0.25) is 0 Å². The zero-order valence-electron chi connectivity index (χ0n) is 10.4. The van der Waals surface area contributed by atoms with Crippen LogP contribution in [0.5, 0.6) is 0 Å². The van der Waals surface area contributed by atoms with Gasteiger partial charge in [-0.05, 0) is 24.3 Å². The zero-order chi connectivity index (χ0) is 13.8. The number of nitriles is 1. The first-order valence-electron chi connectivity index (χ1n) is 5.75. The average Bonchev–Trinajstić information content (AvgIpc) is 2.40. The molecule has 2 rings (SSSR count). The smallest absolute Gasteiger partial charge is 0.128 e. The molecule has 96 valence electrons. The van der Waals surface area contributed by atoms with Gasteiger partial charge in [-0.3, -0.25) is 0 Å². The highest BCUT2D eigenvalue weighted by Gasteiger charge is 2.08.